The van der Waals surface area contributed by atoms with Gasteiger partial charge in [0.2, 0.25) is 0 Å². The maximum absolute atomic E-state index is 5.17. The van der Waals surface area contributed by atoms with Gasteiger partial charge < -0.3 is 9.84 Å². The van der Waals surface area contributed by atoms with Crippen LogP contribution in [0.4, 0.5) is 0 Å². The average molecular weight is 265 g/mol. The molecule has 0 bridgehead atoms. The zero-order valence-corrected chi connectivity index (χ0v) is 12.1. The summed E-state index contributed by atoms with van der Waals surface area (Å²) in [6.45, 7) is 10.1. The number of thiazole rings is 1. The van der Waals surface area contributed by atoms with Gasteiger partial charge in [0.15, 0.2) is 0 Å². The Morgan fingerprint density at radius 2 is 2.17 bits per heavy atom. The summed E-state index contributed by atoms with van der Waals surface area (Å²) in [6, 6.07) is 0. The number of nitrogens with one attached hydrogen (secondary N) is 1. The fourth-order valence-corrected chi connectivity index (χ4v) is 2.74. The molecule has 0 fully saturated rings. The van der Waals surface area contributed by atoms with Crippen LogP contribution in [-0.2, 0) is 6.54 Å². The van der Waals surface area contributed by atoms with Crippen LogP contribution in [0.15, 0.2) is 9.90 Å². The largest absolute Gasteiger partial charge is 0.361 e. The molecular weight excluding hydrogens is 246 g/mol. The summed E-state index contributed by atoms with van der Waals surface area (Å²) in [7, 11) is 0. The van der Waals surface area contributed by atoms with Crippen LogP contribution in [0.1, 0.15) is 31.0 Å². The Hall–Kier alpha value is -1.20. The Balaban J connectivity index is 2.06. The van der Waals surface area contributed by atoms with E-state index >= 15 is 0 Å². The lowest BCUT2D eigenvalue weighted by atomic mass is 10.2. The lowest BCUT2D eigenvalue weighted by Crippen LogP contribution is -2.19. The van der Waals surface area contributed by atoms with E-state index in [1.807, 2.05) is 13.8 Å². The van der Waals surface area contributed by atoms with Crippen molar-refractivity contribution in [2.45, 2.75) is 34.2 Å². The molecule has 2 aromatic heterocycles. The van der Waals surface area contributed by atoms with Crippen LogP contribution in [-0.4, -0.2) is 16.7 Å². The van der Waals surface area contributed by atoms with E-state index in [1.54, 1.807) is 11.3 Å². The highest BCUT2D eigenvalue weighted by Crippen LogP contribution is 2.29. The van der Waals surface area contributed by atoms with Gasteiger partial charge in [-0.15, -0.1) is 11.3 Å². The van der Waals surface area contributed by atoms with Crippen molar-refractivity contribution in [1.29, 1.82) is 0 Å². The number of aromatic nitrogens is 2. The highest BCUT2D eigenvalue weighted by molar-refractivity contribution is 7.13. The molecule has 18 heavy (non-hydrogen) atoms. The first-order valence-electron chi connectivity index (χ1n) is 6.16. The Labute approximate surface area is 111 Å². The first-order valence-corrected chi connectivity index (χ1v) is 7.04. The van der Waals surface area contributed by atoms with Crippen molar-refractivity contribution in [2.75, 3.05) is 6.54 Å². The molecule has 0 aliphatic rings. The lowest BCUT2D eigenvalue weighted by Gasteiger charge is -2.04. The molecule has 0 spiro atoms. The molecule has 1 N–H and O–H groups in total. The van der Waals surface area contributed by atoms with Crippen molar-refractivity contribution in [3.8, 4) is 10.6 Å². The van der Waals surface area contributed by atoms with E-state index in [9.17, 15) is 0 Å². The van der Waals surface area contributed by atoms with Crippen molar-refractivity contribution in [1.82, 2.24) is 15.5 Å². The number of nitrogens with zero attached hydrogens (tertiary/aromatic N) is 2. The second-order valence-electron chi connectivity index (χ2n) is 4.87. The molecule has 4 nitrogen and oxygen atoms in total. The van der Waals surface area contributed by atoms with Crippen molar-refractivity contribution >= 4 is 11.3 Å². The van der Waals surface area contributed by atoms with Crippen LogP contribution >= 0.6 is 11.3 Å². The maximum atomic E-state index is 5.17. The van der Waals surface area contributed by atoms with Gasteiger partial charge in [0.05, 0.1) is 17.0 Å². The molecule has 0 aliphatic carbocycles. The molecule has 0 atom stereocenters. The maximum Gasteiger partial charge on any atom is 0.144 e. The molecule has 0 saturated heterocycles. The Morgan fingerprint density at radius 1 is 1.39 bits per heavy atom. The molecular formula is C13H19N3OS. The fourth-order valence-electron chi connectivity index (χ4n) is 1.78. The third-order valence-corrected chi connectivity index (χ3v) is 3.57. The van der Waals surface area contributed by atoms with Gasteiger partial charge in [0.25, 0.3) is 0 Å². The summed E-state index contributed by atoms with van der Waals surface area (Å²) < 4.78 is 5.17. The predicted octanol–water partition coefficient (Wildman–Crippen LogP) is 3.16. The fraction of sp³-hybridized carbons (Fsp3) is 0.538. The topological polar surface area (TPSA) is 51.0 Å². The van der Waals surface area contributed by atoms with Gasteiger partial charge in [-0.1, -0.05) is 19.0 Å². The van der Waals surface area contributed by atoms with Crippen molar-refractivity contribution < 1.29 is 4.52 Å². The zero-order valence-electron chi connectivity index (χ0n) is 11.3. The molecule has 2 rings (SSSR count). The molecule has 98 valence electrons. The SMILES string of the molecule is Cc1noc(C)c1-c1nc(CNCC(C)C)cs1. The van der Waals surface area contributed by atoms with E-state index in [1.165, 1.54) is 0 Å². The van der Waals surface area contributed by atoms with Gasteiger partial charge in [0, 0.05) is 11.9 Å². The summed E-state index contributed by atoms with van der Waals surface area (Å²) in [4.78, 5) is 4.63. The third kappa shape index (κ3) is 2.97. The first kappa shape index (κ1) is 13.2. The van der Waals surface area contributed by atoms with Crippen LogP contribution in [0.25, 0.3) is 10.6 Å². The molecule has 0 saturated carbocycles. The number of rotatable bonds is 5. The van der Waals surface area contributed by atoms with Gasteiger partial charge >= 0.3 is 0 Å². The molecule has 5 heteroatoms. The Kier molecular flexibility index (Phi) is 4.14. The van der Waals surface area contributed by atoms with E-state index in [-0.39, 0.29) is 0 Å². The second-order valence-corrected chi connectivity index (χ2v) is 5.73. The van der Waals surface area contributed by atoms with E-state index in [0.717, 1.165) is 40.8 Å². The van der Waals surface area contributed by atoms with Crippen molar-refractivity contribution in [2.24, 2.45) is 5.92 Å². The monoisotopic (exact) mass is 265 g/mol. The minimum Gasteiger partial charge on any atom is -0.361 e. The summed E-state index contributed by atoms with van der Waals surface area (Å²) in [5, 5.41) is 10.4. The minimum absolute atomic E-state index is 0.658. The number of hydrogen-bond donors (Lipinski definition) is 1. The quantitative estimate of drug-likeness (QED) is 0.902. The van der Waals surface area contributed by atoms with Gasteiger partial charge in [-0.05, 0) is 26.3 Å². The van der Waals surface area contributed by atoms with Crippen LogP contribution in [0.2, 0.25) is 0 Å². The average Bonchev–Trinajstić information content (AvgIpc) is 2.86. The number of aryl methyl sites for hydroxylation is 2. The standard InChI is InChI=1S/C13H19N3OS/c1-8(2)5-14-6-11-7-18-13(15-11)12-9(3)16-17-10(12)4/h7-8,14H,5-6H2,1-4H3. The van der Waals surface area contributed by atoms with Crippen molar-refractivity contribution in [3.05, 3.63) is 22.5 Å². The molecule has 0 aromatic carbocycles. The van der Waals surface area contributed by atoms with E-state index in [2.05, 4.69) is 34.7 Å². The summed E-state index contributed by atoms with van der Waals surface area (Å²) in [5.41, 5.74) is 3.02. The normalized spacial score (nSPS) is 11.4. The van der Waals surface area contributed by atoms with Gasteiger partial charge in [-0.3, -0.25) is 0 Å². The molecule has 0 radical (unpaired) electrons. The lowest BCUT2D eigenvalue weighted by molar-refractivity contribution is 0.393. The highest BCUT2D eigenvalue weighted by atomic mass is 32.1. The van der Waals surface area contributed by atoms with Gasteiger partial charge in [0.1, 0.15) is 10.8 Å². The Bertz CT molecular complexity index is 497. The van der Waals surface area contributed by atoms with E-state index in [0.29, 0.717) is 5.92 Å². The minimum atomic E-state index is 0.658. The van der Waals surface area contributed by atoms with Crippen molar-refractivity contribution in [3.63, 3.8) is 0 Å². The molecule has 2 heterocycles. The summed E-state index contributed by atoms with van der Waals surface area (Å²) >= 11 is 1.64. The Morgan fingerprint density at radius 3 is 2.78 bits per heavy atom. The first-order chi connectivity index (χ1) is 8.58. The smallest absolute Gasteiger partial charge is 0.144 e. The molecule has 2 aromatic rings. The molecule has 0 unspecified atom stereocenters. The van der Waals surface area contributed by atoms with Crippen LogP contribution in [0, 0.1) is 19.8 Å². The summed E-state index contributed by atoms with van der Waals surface area (Å²) in [6.07, 6.45) is 0. The van der Waals surface area contributed by atoms with Crippen LogP contribution in [0.3, 0.4) is 0 Å². The molecule has 0 amide bonds. The summed E-state index contributed by atoms with van der Waals surface area (Å²) in [5.74, 6) is 1.49. The van der Waals surface area contributed by atoms with E-state index in [4.69, 9.17) is 4.52 Å². The molecule has 0 aliphatic heterocycles. The predicted molar refractivity (Wildman–Crippen MR) is 73.6 cm³/mol. The van der Waals surface area contributed by atoms with Gasteiger partial charge in [-0.25, -0.2) is 4.98 Å². The van der Waals surface area contributed by atoms with Gasteiger partial charge in [-0.2, -0.15) is 0 Å². The van der Waals surface area contributed by atoms with Crippen LogP contribution < -0.4 is 5.32 Å². The van der Waals surface area contributed by atoms with E-state index < -0.39 is 0 Å². The zero-order chi connectivity index (χ0) is 13.1. The number of hydrogen-bond acceptors (Lipinski definition) is 5. The highest BCUT2D eigenvalue weighted by Gasteiger charge is 2.14. The van der Waals surface area contributed by atoms with Crippen LogP contribution in [0.5, 0.6) is 0 Å². The third-order valence-electron chi connectivity index (χ3n) is 2.66. The second kappa shape index (κ2) is 5.63.